The van der Waals surface area contributed by atoms with E-state index in [1.54, 1.807) is 36.0 Å². The van der Waals surface area contributed by atoms with E-state index in [-0.39, 0.29) is 5.91 Å². The van der Waals surface area contributed by atoms with Crippen LogP contribution in [-0.4, -0.2) is 5.91 Å². The molecule has 0 heterocycles. The largest absolute Gasteiger partial charge is 0.322 e. The second-order valence-corrected chi connectivity index (χ2v) is 6.74. The van der Waals surface area contributed by atoms with Gasteiger partial charge in [0.25, 0.3) is 5.91 Å². The van der Waals surface area contributed by atoms with E-state index in [2.05, 4.69) is 17.4 Å². The zero-order valence-corrected chi connectivity index (χ0v) is 14.5. The minimum Gasteiger partial charge on any atom is -0.322 e. The molecule has 4 heteroatoms. The van der Waals surface area contributed by atoms with Crippen molar-refractivity contribution in [3.8, 4) is 0 Å². The van der Waals surface area contributed by atoms with Gasteiger partial charge in [-0.25, -0.2) is 0 Å². The van der Waals surface area contributed by atoms with E-state index in [0.717, 1.165) is 11.4 Å². The van der Waals surface area contributed by atoms with Gasteiger partial charge >= 0.3 is 0 Å². The van der Waals surface area contributed by atoms with Gasteiger partial charge in [-0.1, -0.05) is 41.9 Å². The van der Waals surface area contributed by atoms with Gasteiger partial charge in [0.05, 0.1) is 0 Å². The van der Waals surface area contributed by atoms with Crippen LogP contribution in [0, 0.1) is 0 Å². The van der Waals surface area contributed by atoms with Crippen molar-refractivity contribution in [1.29, 1.82) is 0 Å². The van der Waals surface area contributed by atoms with Crippen LogP contribution in [0.15, 0.2) is 83.8 Å². The summed E-state index contributed by atoms with van der Waals surface area (Å²) >= 11 is 7.63. The molecule has 0 aliphatic heterocycles. The fraction of sp³-hybridized carbons (Fsp3) is 0.0500. The molecule has 0 aliphatic carbocycles. The quantitative estimate of drug-likeness (QED) is 0.580. The molecule has 0 aliphatic rings. The third kappa shape index (κ3) is 4.63. The maximum absolute atomic E-state index is 12.2. The highest BCUT2D eigenvalue weighted by atomic mass is 35.5. The highest BCUT2D eigenvalue weighted by molar-refractivity contribution is 7.98. The van der Waals surface area contributed by atoms with E-state index in [1.165, 1.54) is 10.5 Å². The Morgan fingerprint density at radius 3 is 2.21 bits per heavy atom. The zero-order chi connectivity index (χ0) is 16.8. The van der Waals surface area contributed by atoms with Gasteiger partial charge in [-0.3, -0.25) is 4.79 Å². The topological polar surface area (TPSA) is 29.1 Å². The Morgan fingerprint density at radius 1 is 0.875 bits per heavy atom. The Labute approximate surface area is 150 Å². The number of halogens is 1. The fourth-order valence-electron chi connectivity index (χ4n) is 2.17. The lowest BCUT2D eigenvalue weighted by Gasteiger charge is -2.07. The Kier molecular flexibility index (Phi) is 5.57. The Bertz CT molecular complexity index is 801. The van der Waals surface area contributed by atoms with Crippen molar-refractivity contribution in [3.05, 3.63) is 95.0 Å². The number of amides is 1. The first-order chi connectivity index (χ1) is 11.7. The highest BCUT2D eigenvalue weighted by Gasteiger charge is 2.06. The highest BCUT2D eigenvalue weighted by Crippen LogP contribution is 2.23. The molecule has 0 aromatic heterocycles. The smallest absolute Gasteiger partial charge is 0.255 e. The van der Waals surface area contributed by atoms with Crippen LogP contribution in [0.2, 0.25) is 5.02 Å². The van der Waals surface area contributed by atoms with E-state index in [4.69, 9.17) is 11.6 Å². The van der Waals surface area contributed by atoms with Gasteiger partial charge in [0, 0.05) is 26.9 Å². The second-order valence-electron chi connectivity index (χ2n) is 5.26. The second kappa shape index (κ2) is 8.04. The summed E-state index contributed by atoms with van der Waals surface area (Å²) in [5.74, 6) is 0.758. The normalized spacial score (nSPS) is 10.4. The summed E-state index contributed by atoms with van der Waals surface area (Å²) in [5.41, 5.74) is 2.58. The monoisotopic (exact) mass is 353 g/mol. The molecule has 24 heavy (non-hydrogen) atoms. The third-order valence-electron chi connectivity index (χ3n) is 3.47. The van der Waals surface area contributed by atoms with E-state index < -0.39 is 0 Å². The molecule has 0 radical (unpaired) electrons. The summed E-state index contributed by atoms with van der Waals surface area (Å²) in [6.07, 6.45) is 0. The van der Waals surface area contributed by atoms with Gasteiger partial charge in [0.2, 0.25) is 0 Å². The number of carbonyl (C=O) groups excluding carboxylic acids is 1. The number of nitrogens with one attached hydrogen (secondary N) is 1. The number of thioether (sulfide) groups is 1. The maximum Gasteiger partial charge on any atom is 0.255 e. The molecule has 0 unspecified atom stereocenters. The number of anilines is 1. The number of carbonyl (C=O) groups is 1. The summed E-state index contributed by atoms with van der Waals surface area (Å²) in [6.45, 7) is 0. The molecule has 1 N–H and O–H groups in total. The molecule has 0 atom stereocenters. The molecule has 3 aromatic carbocycles. The average Bonchev–Trinajstić information content (AvgIpc) is 2.62. The Hall–Kier alpha value is -2.23. The number of benzene rings is 3. The fourth-order valence-corrected chi connectivity index (χ4v) is 3.17. The molecule has 3 aromatic rings. The number of hydrogen-bond acceptors (Lipinski definition) is 2. The molecule has 0 spiro atoms. The van der Waals surface area contributed by atoms with Gasteiger partial charge < -0.3 is 5.32 Å². The third-order valence-corrected chi connectivity index (χ3v) is 4.80. The molecular formula is C20H16ClNOS. The van der Waals surface area contributed by atoms with Crippen molar-refractivity contribution < 1.29 is 4.79 Å². The van der Waals surface area contributed by atoms with Crippen LogP contribution in [0.3, 0.4) is 0 Å². The molecule has 0 saturated carbocycles. The van der Waals surface area contributed by atoms with Gasteiger partial charge in [0.15, 0.2) is 0 Å². The molecule has 2 nitrogen and oxygen atoms in total. The van der Waals surface area contributed by atoms with E-state index >= 15 is 0 Å². The van der Waals surface area contributed by atoms with E-state index in [0.29, 0.717) is 10.6 Å². The summed E-state index contributed by atoms with van der Waals surface area (Å²) < 4.78 is 0. The van der Waals surface area contributed by atoms with Crippen molar-refractivity contribution in [1.82, 2.24) is 0 Å². The maximum atomic E-state index is 12.2. The summed E-state index contributed by atoms with van der Waals surface area (Å²) in [5, 5.41) is 3.51. The summed E-state index contributed by atoms with van der Waals surface area (Å²) in [4.78, 5) is 13.4. The van der Waals surface area contributed by atoms with Crippen molar-refractivity contribution in [2.45, 2.75) is 10.6 Å². The summed E-state index contributed by atoms with van der Waals surface area (Å²) in [7, 11) is 0. The predicted molar refractivity (Wildman–Crippen MR) is 102 cm³/mol. The van der Waals surface area contributed by atoms with Crippen molar-refractivity contribution >= 4 is 35.0 Å². The minimum atomic E-state index is -0.141. The van der Waals surface area contributed by atoms with Gasteiger partial charge in [0.1, 0.15) is 0 Å². The zero-order valence-electron chi connectivity index (χ0n) is 12.9. The van der Waals surface area contributed by atoms with Crippen LogP contribution in [-0.2, 0) is 5.75 Å². The molecule has 0 fully saturated rings. The van der Waals surface area contributed by atoms with Gasteiger partial charge in [-0.05, 0) is 54.1 Å². The first-order valence-electron chi connectivity index (χ1n) is 7.54. The molecule has 3 rings (SSSR count). The summed E-state index contributed by atoms with van der Waals surface area (Å²) in [6, 6.07) is 25.1. The number of hydrogen-bond donors (Lipinski definition) is 1. The van der Waals surface area contributed by atoms with Crippen LogP contribution >= 0.6 is 23.4 Å². The lowest BCUT2D eigenvalue weighted by molar-refractivity contribution is 0.102. The number of rotatable bonds is 5. The molecule has 0 bridgehead atoms. The van der Waals surface area contributed by atoms with Crippen molar-refractivity contribution in [2.75, 3.05) is 5.32 Å². The molecular weight excluding hydrogens is 338 g/mol. The van der Waals surface area contributed by atoms with E-state index in [9.17, 15) is 4.79 Å². The minimum absolute atomic E-state index is 0.141. The van der Waals surface area contributed by atoms with Crippen LogP contribution < -0.4 is 5.32 Å². The Morgan fingerprint density at radius 2 is 1.54 bits per heavy atom. The standard InChI is InChI=1S/C20H16ClNOS/c21-17-10-8-16(9-11-17)20(23)22-18-12-6-15(7-13-18)14-24-19-4-2-1-3-5-19/h1-13H,14H2,(H,22,23). The van der Waals surface area contributed by atoms with Gasteiger partial charge in [-0.15, -0.1) is 11.8 Å². The van der Waals surface area contributed by atoms with E-state index in [1.807, 2.05) is 42.5 Å². The van der Waals surface area contributed by atoms with Crippen molar-refractivity contribution in [3.63, 3.8) is 0 Å². The van der Waals surface area contributed by atoms with Crippen LogP contribution in [0.1, 0.15) is 15.9 Å². The first kappa shape index (κ1) is 16.6. The lowest BCUT2D eigenvalue weighted by atomic mass is 10.2. The SMILES string of the molecule is O=C(Nc1ccc(CSc2ccccc2)cc1)c1ccc(Cl)cc1. The van der Waals surface area contributed by atoms with Crippen LogP contribution in [0.25, 0.3) is 0 Å². The average molecular weight is 354 g/mol. The van der Waals surface area contributed by atoms with Crippen LogP contribution in [0.4, 0.5) is 5.69 Å². The molecule has 1 amide bonds. The predicted octanol–water partition coefficient (Wildman–Crippen LogP) is 5.88. The molecule has 120 valence electrons. The molecule has 0 saturated heterocycles. The first-order valence-corrected chi connectivity index (χ1v) is 8.91. The van der Waals surface area contributed by atoms with Gasteiger partial charge in [-0.2, -0.15) is 0 Å². The Balaban J connectivity index is 1.58. The van der Waals surface area contributed by atoms with Crippen molar-refractivity contribution in [2.24, 2.45) is 0 Å². The lowest BCUT2D eigenvalue weighted by Crippen LogP contribution is -2.11. The van der Waals surface area contributed by atoms with Crippen LogP contribution in [0.5, 0.6) is 0 Å².